The molecular formula is C15H23ClN4S. The van der Waals surface area contributed by atoms with Gasteiger partial charge >= 0.3 is 0 Å². The van der Waals surface area contributed by atoms with Gasteiger partial charge in [0.05, 0.1) is 11.1 Å². The number of nitrogens with zero attached hydrogens (tertiary/aromatic N) is 4. The molecule has 1 aliphatic rings. The number of hydrogen-bond acceptors (Lipinski definition) is 3. The molecule has 1 saturated carbocycles. The van der Waals surface area contributed by atoms with Crippen molar-refractivity contribution in [2.24, 2.45) is 7.05 Å². The Kier molecular flexibility index (Phi) is 4.23. The number of alkyl halides is 1. The summed E-state index contributed by atoms with van der Waals surface area (Å²) in [6.45, 7) is 4.14. The number of hydrogen-bond donors (Lipinski definition) is 0. The van der Waals surface area contributed by atoms with Crippen molar-refractivity contribution in [3.05, 3.63) is 11.5 Å². The lowest BCUT2D eigenvalue weighted by molar-refractivity contribution is 0.500. The van der Waals surface area contributed by atoms with Crippen LogP contribution in [-0.4, -0.2) is 30.8 Å². The van der Waals surface area contributed by atoms with E-state index in [1.165, 1.54) is 19.3 Å². The van der Waals surface area contributed by atoms with Gasteiger partial charge in [0.1, 0.15) is 11.3 Å². The number of rotatable bonds is 4. The molecule has 0 aromatic carbocycles. The summed E-state index contributed by atoms with van der Waals surface area (Å²) >= 11 is 8.39. The second-order valence-electron chi connectivity index (χ2n) is 5.88. The first-order chi connectivity index (χ1) is 10.1. The molecule has 0 bridgehead atoms. The van der Waals surface area contributed by atoms with E-state index in [1.54, 1.807) is 0 Å². The number of fused-ring (bicyclic) bond motifs is 1. The monoisotopic (exact) mass is 326 g/mol. The van der Waals surface area contributed by atoms with E-state index >= 15 is 0 Å². The van der Waals surface area contributed by atoms with E-state index in [4.69, 9.17) is 16.6 Å². The van der Waals surface area contributed by atoms with Crippen LogP contribution < -0.4 is 0 Å². The fourth-order valence-corrected chi connectivity index (χ4v) is 4.40. The van der Waals surface area contributed by atoms with Crippen molar-refractivity contribution in [2.75, 3.05) is 6.26 Å². The first kappa shape index (κ1) is 15.2. The zero-order chi connectivity index (χ0) is 15.1. The van der Waals surface area contributed by atoms with Crippen LogP contribution in [-0.2, 0) is 13.5 Å². The second kappa shape index (κ2) is 5.84. The smallest absolute Gasteiger partial charge is 0.158 e. The summed E-state index contributed by atoms with van der Waals surface area (Å²) in [5.74, 6) is 1.00. The maximum Gasteiger partial charge on any atom is 0.158 e. The summed E-state index contributed by atoms with van der Waals surface area (Å²) in [6, 6.07) is 0.503. The first-order valence-electron chi connectivity index (χ1n) is 7.67. The van der Waals surface area contributed by atoms with Crippen LogP contribution in [0.4, 0.5) is 0 Å². The van der Waals surface area contributed by atoms with E-state index in [2.05, 4.69) is 22.8 Å². The Hall–Kier alpha value is -0.680. The van der Waals surface area contributed by atoms with Crippen molar-refractivity contribution in [1.29, 1.82) is 0 Å². The third-order valence-electron chi connectivity index (χ3n) is 4.51. The normalized spacial score (nSPS) is 24.0. The molecule has 0 N–H and O–H groups in total. The minimum atomic E-state index is -0.0737. The molecule has 21 heavy (non-hydrogen) atoms. The van der Waals surface area contributed by atoms with Gasteiger partial charge in [0.15, 0.2) is 5.65 Å². The van der Waals surface area contributed by atoms with Crippen LogP contribution in [0.5, 0.6) is 0 Å². The summed E-state index contributed by atoms with van der Waals surface area (Å²) in [4.78, 5) is 4.84. The Balaban J connectivity index is 2.14. The van der Waals surface area contributed by atoms with Crippen LogP contribution in [0.1, 0.15) is 56.0 Å². The van der Waals surface area contributed by atoms with Crippen molar-refractivity contribution in [3.8, 4) is 0 Å². The number of halogens is 1. The van der Waals surface area contributed by atoms with Gasteiger partial charge in [-0.25, -0.2) is 4.98 Å². The Bertz CT molecular complexity index is 646. The molecule has 4 nitrogen and oxygen atoms in total. The maximum atomic E-state index is 6.42. The van der Waals surface area contributed by atoms with Crippen LogP contribution in [0.3, 0.4) is 0 Å². The Morgan fingerprint density at radius 1 is 1.43 bits per heavy atom. The highest BCUT2D eigenvalue weighted by atomic mass is 35.5. The molecule has 3 atom stereocenters. The van der Waals surface area contributed by atoms with Gasteiger partial charge in [-0.2, -0.15) is 16.9 Å². The van der Waals surface area contributed by atoms with Crippen molar-refractivity contribution < 1.29 is 0 Å². The highest BCUT2D eigenvalue weighted by Gasteiger charge is 2.31. The van der Waals surface area contributed by atoms with E-state index in [-0.39, 0.29) is 5.38 Å². The second-order valence-corrected chi connectivity index (χ2v) is 7.67. The average Bonchev–Trinajstić information content (AvgIpc) is 3.13. The van der Waals surface area contributed by atoms with E-state index in [1.807, 2.05) is 30.4 Å². The number of aromatic nitrogens is 4. The molecule has 6 heteroatoms. The van der Waals surface area contributed by atoms with Gasteiger partial charge in [0.25, 0.3) is 0 Å². The third-order valence-corrected chi connectivity index (χ3v) is 5.80. The molecule has 1 aliphatic carbocycles. The van der Waals surface area contributed by atoms with Gasteiger partial charge in [-0.15, -0.1) is 11.6 Å². The molecule has 0 radical (unpaired) electrons. The largest absolute Gasteiger partial charge is 0.308 e. The molecular weight excluding hydrogens is 304 g/mol. The van der Waals surface area contributed by atoms with E-state index in [9.17, 15) is 0 Å². The van der Waals surface area contributed by atoms with Gasteiger partial charge in [0, 0.05) is 18.3 Å². The predicted molar refractivity (Wildman–Crippen MR) is 90.3 cm³/mol. The standard InChI is InChI=1S/C15H23ClN4S/c1-5-12-13-15(19(3)18-12)20(14(17-13)9(2)16)10-6-7-11(8-10)21-4/h9-11H,5-8H2,1-4H3. The van der Waals surface area contributed by atoms with Crippen LogP contribution in [0, 0.1) is 0 Å². The van der Waals surface area contributed by atoms with Gasteiger partial charge in [-0.1, -0.05) is 6.92 Å². The Labute approximate surface area is 135 Å². The quantitative estimate of drug-likeness (QED) is 0.794. The molecule has 1 fully saturated rings. The number of thioether (sulfide) groups is 1. The van der Waals surface area contributed by atoms with E-state index < -0.39 is 0 Å². The molecule has 0 aliphatic heterocycles. The number of aryl methyl sites for hydroxylation is 2. The molecule has 0 amide bonds. The lowest BCUT2D eigenvalue weighted by Crippen LogP contribution is -2.13. The molecule has 3 unspecified atom stereocenters. The van der Waals surface area contributed by atoms with Gasteiger partial charge in [-0.3, -0.25) is 4.68 Å². The van der Waals surface area contributed by atoms with Crippen LogP contribution in [0.15, 0.2) is 0 Å². The Morgan fingerprint density at radius 3 is 2.76 bits per heavy atom. The average molecular weight is 327 g/mol. The minimum absolute atomic E-state index is 0.0737. The van der Waals surface area contributed by atoms with Crippen molar-refractivity contribution in [1.82, 2.24) is 19.3 Å². The molecule has 0 saturated heterocycles. The summed E-state index contributed by atoms with van der Waals surface area (Å²) < 4.78 is 4.35. The number of imidazole rings is 1. The highest BCUT2D eigenvalue weighted by Crippen LogP contribution is 2.40. The predicted octanol–water partition coefficient (Wildman–Crippen LogP) is 4.09. The lowest BCUT2D eigenvalue weighted by Gasteiger charge is -2.18. The van der Waals surface area contributed by atoms with Crippen LogP contribution in [0.25, 0.3) is 11.2 Å². The molecule has 0 spiro atoms. The SMILES string of the molecule is CCc1nn(C)c2c1nc(C(C)Cl)n2C1CCC(SC)C1. The fraction of sp³-hybridized carbons (Fsp3) is 0.733. The van der Waals surface area contributed by atoms with E-state index in [0.29, 0.717) is 6.04 Å². The van der Waals surface area contributed by atoms with Crippen LogP contribution >= 0.6 is 23.4 Å². The van der Waals surface area contributed by atoms with Crippen LogP contribution in [0.2, 0.25) is 0 Å². The third kappa shape index (κ3) is 2.48. The van der Waals surface area contributed by atoms with Crippen molar-refractivity contribution >= 4 is 34.5 Å². The minimum Gasteiger partial charge on any atom is -0.308 e. The summed E-state index contributed by atoms with van der Waals surface area (Å²) in [5.41, 5.74) is 3.25. The maximum absolute atomic E-state index is 6.42. The van der Waals surface area contributed by atoms with Gasteiger partial charge in [-0.05, 0) is 38.9 Å². The summed E-state index contributed by atoms with van der Waals surface area (Å²) in [7, 11) is 2.02. The molecule has 2 heterocycles. The zero-order valence-corrected chi connectivity index (χ0v) is 14.7. The van der Waals surface area contributed by atoms with Crippen molar-refractivity contribution in [3.63, 3.8) is 0 Å². The fourth-order valence-electron chi connectivity index (χ4n) is 3.46. The topological polar surface area (TPSA) is 35.6 Å². The highest BCUT2D eigenvalue weighted by molar-refractivity contribution is 7.99. The zero-order valence-electron chi connectivity index (χ0n) is 13.1. The molecule has 3 rings (SSSR count). The molecule has 2 aromatic rings. The summed E-state index contributed by atoms with van der Waals surface area (Å²) in [6.07, 6.45) is 6.81. The van der Waals surface area contributed by atoms with Gasteiger partial charge < -0.3 is 4.57 Å². The first-order valence-corrected chi connectivity index (χ1v) is 9.39. The summed E-state index contributed by atoms with van der Waals surface area (Å²) in [5, 5.41) is 5.31. The lowest BCUT2D eigenvalue weighted by atomic mass is 10.2. The van der Waals surface area contributed by atoms with Crippen molar-refractivity contribution in [2.45, 2.75) is 56.2 Å². The Morgan fingerprint density at radius 2 is 2.19 bits per heavy atom. The van der Waals surface area contributed by atoms with E-state index in [0.717, 1.165) is 34.4 Å². The molecule has 2 aromatic heterocycles. The van der Waals surface area contributed by atoms with Gasteiger partial charge in [0.2, 0.25) is 0 Å². The molecule has 116 valence electrons.